The highest BCUT2D eigenvalue weighted by Crippen LogP contribution is 2.17. The number of carbonyl (C=O) groups excluding carboxylic acids is 3. The first kappa shape index (κ1) is 12.5. The zero-order chi connectivity index (χ0) is 13.3. The van der Waals surface area contributed by atoms with Crippen LogP contribution in [0, 0.1) is 12.8 Å². The summed E-state index contributed by atoms with van der Waals surface area (Å²) >= 11 is 1.30. The van der Waals surface area contributed by atoms with E-state index in [4.69, 9.17) is 0 Å². The third-order valence-corrected chi connectivity index (χ3v) is 3.35. The Hall–Kier alpha value is -1.96. The maximum Gasteiger partial charge on any atom is 0.253 e. The summed E-state index contributed by atoms with van der Waals surface area (Å²) in [4.78, 5) is 38.7. The molecule has 2 N–H and O–H groups in total. The van der Waals surface area contributed by atoms with Gasteiger partial charge in [-0.05, 0) is 6.92 Å². The number of anilines is 1. The molecule has 0 bridgehead atoms. The van der Waals surface area contributed by atoms with E-state index >= 15 is 0 Å². The van der Waals surface area contributed by atoms with Crippen LogP contribution in [0.5, 0.6) is 0 Å². The normalized spacial score (nSPS) is 19.0. The predicted molar refractivity (Wildman–Crippen MR) is 64.5 cm³/mol. The van der Waals surface area contributed by atoms with Crippen molar-refractivity contribution in [1.29, 1.82) is 0 Å². The first-order valence-electron chi connectivity index (χ1n) is 5.27. The molecule has 0 aromatic carbocycles. The minimum atomic E-state index is -0.948. The molecule has 1 aromatic heterocycles. The van der Waals surface area contributed by atoms with Gasteiger partial charge in [0.15, 0.2) is 5.13 Å². The van der Waals surface area contributed by atoms with Gasteiger partial charge in [0.25, 0.3) is 11.8 Å². The van der Waals surface area contributed by atoms with Gasteiger partial charge in [-0.15, -0.1) is 11.3 Å². The Balaban J connectivity index is 1.95. The molecular weight excluding hydrogens is 256 g/mol. The van der Waals surface area contributed by atoms with Crippen LogP contribution >= 0.6 is 11.3 Å². The van der Waals surface area contributed by atoms with E-state index in [1.807, 2.05) is 6.92 Å². The van der Waals surface area contributed by atoms with Gasteiger partial charge in [-0.1, -0.05) is 0 Å². The number of amides is 3. The first-order chi connectivity index (χ1) is 8.47. The second-order valence-corrected chi connectivity index (χ2v) is 4.83. The predicted octanol–water partition coefficient (Wildman–Crippen LogP) is -0.100. The molecule has 0 radical (unpaired) electrons. The van der Waals surface area contributed by atoms with Crippen LogP contribution in [0.15, 0.2) is 5.38 Å². The number of carbonyl (C=O) groups is 3. The van der Waals surface area contributed by atoms with Gasteiger partial charge in [0.2, 0.25) is 5.91 Å². The number of rotatable bonds is 3. The fourth-order valence-corrected chi connectivity index (χ4v) is 2.30. The average molecular weight is 268 g/mol. The number of aromatic nitrogens is 1. The first-order valence-corrected chi connectivity index (χ1v) is 6.15. The molecule has 1 aromatic rings. The van der Waals surface area contributed by atoms with Crippen molar-refractivity contribution in [2.75, 3.05) is 12.4 Å². The number of hydrogen-bond donors (Lipinski definition) is 2. The van der Waals surface area contributed by atoms with Crippen molar-refractivity contribution in [3.8, 4) is 0 Å². The largest absolute Gasteiger partial charge is 0.302 e. The van der Waals surface area contributed by atoms with Gasteiger partial charge in [-0.2, -0.15) is 0 Å². The van der Waals surface area contributed by atoms with Gasteiger partial charge in [0.1, 0.15) is 5.92 Å². The van der Waals surface area contributed by atoms with E-state index in [1.165, 1.54) is 18.4 Å². The molecule has 2 heterocycles. The van der Waals surface area contributed by atoms with Crippen LogP contribution in [0.2, 0.25) is 0 Å². The highest BCUT2D eigenvalue weighted by Gasteiger charge is 2.38. The van der Waals surface area contributed by atoms with Crippen LogP contribution in [0.1, 0.15) is 12.1 Å². The standard InChI is InChI=1S/C10H12N4O3S/c1-5-4-18-10(11-5)12-7(15)3-6-8(16)13-14(2)9(6)17/h4,6H,3H2,1-2H3,(H,13,16)(H,11,12,15). The van der Waals surface area contributed by atoms with Gasteiger partial charge in [-0.25, -0.2) is 4.98 Å². The summed E-state index contributed by atoms with van der Waals surface area (Å²) < 4.78 is 0. The van der Waals surface area contributed by atoms with Crippen molar-refractivity contribution in [3.05, 3.63) is 11.1 Å². The number of nitrogens with one attached hydrogen (secondary N) is 2. The fourth-order valence-electron chi connectivity index (χ4n) is 1.59. The van der Waals surface area contributed by atoms with E-state index in [-0.39, 0.29) is 6.42 Å². The van der Waals surface area contributed by atoms with Crippen molar-refractivity contribution < 1.29 is 14.4 Å². The molecule has 1 unspecified atom stereocenters. The molecule has 2 rings (SSSR count). The third kappa shape index (κ3) is 2.48. The quantitative estimate of drug-likeness (QED) is 0.749. The van der Waals surface area contributed by atoms with E-state index in [9.17, 15) is 14.4 Å². The lowest BCUT2D eigenvalue weighted by atomic mass is 10.1. The Morgan fingerprint density at radius 1 is 1.61 bits per heavy atom. The molecule has 8 heteroatoms. The minimum absolute atomic E-state index is 0.173. The minimum Gasteiger partial charge on any atom is -0.302 e. The molecule has 1 aliphatic heterocycles. The monoisotopic (exact) mass is 268 g/mol. The van der Waals surface area contributed by atoms with Crippen molar-refractivity contribution in [1.82, 2.24) is 15.4 Å². The van der Waals surface area contributed by atoms with Crippen molar-refractivity contribution in [3.63, 3.8) is 0 Å². The van der Waals surface area contributed by atoms with Crippen molar-refractivity contribution in [2.24, 2.45) is 5.92 Å². The molecule has 0 spiro atoms. The van der Waals surface area contributed by atoms with Crippen LogP contribution in [-0.2, 0) is 14.4 Å². The Bertz CT molecular complexity index is 513. The topological polar surface area (TPSA) is 91.4 Å². The van der Waals surface area contributed by atoms with E-state index in [0.717, 1.165) is 10.7 Å². The summed E-state index contributed by atoms with van der Waals surface area (Å²) in [6.07, 6.45) is -0.173. The fraction of sp³-hybridized carbons (Fsp3) is 0.400. The summed E-state index contributed by atoms with van der Waals surface area (Å²) in [5, 5.41) is 5.93. The maximum absolute atomic E-state index is 11.7. The zero-order valence-corrected chi connectivity index (χ0v) is 10.7. The molecule has 1 fully saturated rings. The molecule has 7 nitrogen and oxygen atoms in total. The number of nitrogens with zero attached hydrogens (tertiary/aromatic N) is 2. The van der Waals surface area contributed by atoms with E-state index in [2.05, 4.69) is 15.7 Å². The number of thiazole rings is 1. The van der Waals surface area contributed by atoms with Gasteiger partial charge < -0.3 is 5.32 Å². The summed E-state index contributed by atoms with van der Waals surface area (Å²) in [5.41, 5.74) is 3.15. The molecule has 96 valence electrons. The highest BCUT2D eigenvalue weighted by molar-refractivity contribution is 7.13. The third-order valence-electron chi connectivity index (χ3n) is 2.48. The Labute approximate surface area is 107 Å². The lowest BCUT2D eigenvalue weighted by Gasteiger charge is -2.06. The second-order valence-electron chi connectivity index (χ2n) is 3.97. The smallest absolute Gasteiger partial charge is 0.253 e. The molecule has 0 aliphatic carbocycles. The number of hydrazine groups is 1. The molecular formula is C10H12N4O3S. The van der Waals surface area contributed by atoms with Gasteiger partial charge in [0, 0.05) is 18.8 Å². The highest BCUT2D eigenvalue weighted by atomic mass is 32.1. The second kappa shape index (κ2) is 4.73. The molecule has 3 amide bonds. The Kier molecular flexibility index (Phi) is 3.28. The van der Waals surface area contributed by atoms with E-state index < -0.39 is 23.6 Å². The molecule has 1 aliphatic rings. The SMILES string of the molecule is Cc1csc(NC(=O)CC2C(=O)NN(C)C2=O)n1. The maximum atomic E-state index is 11.7. The molecule has 1 saturated heterocycles. The molecule has 1 atom stereocenters. The Morgan fingerprint density at radius 2 is 2.33 bits per heavy atom. The van der Waals surface area contributed by atoms with Crippen molar-refractivity contribution in [2.45, 2.75) is 13.3 Å². The van der Waals surface area contributed by atoms with Gasteiger partial charge >= 0.3 is 0 Å². The van der Waals surface area contributed by atoms with Crippen LogP contribution in [0.25, 0.3) is 0 Å². The summed E-state index contributed by atoms with van der Waals surface area (Å²) in [6, 6.07) is 0. The lowest BCUT2D eigenvalue weighted by Crippen LogP contribution is -2.31. The van der Waals surface area contributed by atoms with Gasteiger partial charge in [0.05, 0.1) is 5.69 Å². The Morgan fingerprint density at radius 3 is 2.83 bits per heavy atom. The zero-order valence-electron chi connectivity index (χ0n) is 9.89. The van der Waals surface area contributed by atoms with Crippen LogP contribution < -0.4 is 10.7 Å². The molecule has 0 saturated carbocycles. The summed E-state index contributed by atoms with van der Waals surface area (Å²) in [6.45, 7) is 1.81. The van der Waals surface area contributed by atoms with Crippen LogP contribution in [-0.4, -0.2) is 34.8 Å². The lowest BCUT2D eigenvalue weighted by molar-refractivity contribution is -0.134. The van der Waals surface area contributed by atoms with Crippen LogP contribution in [0.3, 0.4) is 0 Å². The van der Waals surface area contributed by atoms with Crippen LogP contribution in [0.4, 0.5) is 5.13 Å². The number of aryl methyl sites for hydroxylation is 1. The van der Waals surface area contributed by atoms with E-state index in [0.29, 0.717) is 5.13 Å². The summed E-state index contributed by atoms with van der Waals surface area (Å²) in [7, 11) is 1.45. The summed E-state index contributed by atoms with van der Waals surface area (Å²) in [5.74, 6) is -2.19. The average Bonchev–Trinajstić information content (AvgIpc) is 2.78. The van der Waals surface area contributed by atoms with Crippen molar-refractivity contribution >= 4 is 34.2 Å². The van der Waals surface area contributed by atoms with Gasteiger partial charge in [-0.3, -0.25) is 24.8 Å². The molecule has 18 heavy (non-hydrogen) atoms. The van der Waals surface area contributed by atoms with E-state index in [1.54, 1.807) is 5.38 Å². The number of hydrogen-bond acceptors (Lipinski definition) is 5.